The van der Waals surface area contributed by atoms with Gasteiger partial charge in [0, 0.05) is 0 Å². The zero-order valence-corrected chi connectivity index (χ0v) is 10.0. The van der Waals surface area contributed by atoms with E-state index in [0.29, 0.717) is 5.56 Å². The fourth-order valence-electron chi connectivity index (χ4n) is 1.26. The second kappa shape index (κ2) is 4.36. The summed E-state index contributed by atoms with van der Waals surface area (Å²) < 4.78 is 0. The molecule has 80 valence electrons. The molecule has 0 heterocycles. The van der Waals surface area contributed by atoms with Crippen LogP contribution < -0.4 is 0 Å². The zero-order chi connectivity index (χ0) is 11.5. The molecule has 1 aromatic rings. The topological polar surface area (TPSA) is 29.4 Å². The predicted octanol–water partition coefficient (Wildman–Crippen LogP) is 3.43. The van der Waals surface area contributed by atoms with Gasteiger partial charge in [-0.2, -0.15) is 4.99 Å². The highest BCUT2D eigenvalue weighted by atomic mass is 35.5. The van der Waals surface area contributed by atoms with Gasteiger partial charge in [0.1, 0.15) is 0 Å². The summed E-state index contributed by atoms with van der Waals surface area (Å²) in [6, 6.07) is 9.04. The fraction of sp³-hybridized carbons (Fsp3) is 0.364. The maximum absolute atomic E-state index is 10.4. The average molecular weight is 244 g/mol. The summed E-state index contributed by atoms with van der Waals surface area (Å²) in [5.74, 6) is 0. The largest absolute Gasteiger partial charge is 0.237 e. The van der Waals surface area contributed by atoms with Gasteiger partial charge >= 0.3 is 0 Å². The Labute approximate surface area is 98.9 Å². The van der Waals surface area contributed by atoms with E-state index in [9.17, 15) is 4.79 Å². The Morgan fingerprint density at radius 2 is 1.73 bits per heavy atom. The number of benzene rings is 1. The third-order valence-corrected chi connectivity index (χ3v) is 3.29. The second-order valence-corrected chi connectivity index (χ2v) is 5.16. The summed E-state index contributed by atoms with van der Waals surface area (Å²) >= 11 is 12.4. The Morgan fingerprint density at radius 3 is 2.13 bits per heavy atom. The zero-order valence-electron chi connectivity index (χ0n) is 8.50. The summed E-state index contributed by atoms with van der Waals surface area (Å²) in [6.07, 6.45) is 1.47. The van der Waals surface area contributed by atoms with Crippen LogP contribution in [0.4, 0.5) is 0 Å². The Hall–Kier alpha value is -0.820. The molecule has 0 spiro atoms. The lowest BCUT2D eigenvalue weighted by Crippen LogP contribution is -2.36. The maximum Gasteiger partial charge on any atom is 0.237 e. The molecule has 0 aliphatic carbocycles. The molecule has 0 saturated carbocycles. The van der Waals surface area contributed by atoms with Crippen molar-refractivity contribution in [3.8, 4) is 0 Å². The normalized spacial score (nSPS) is 15.2. The number of halogens is 2. The lowest BCUT2D eigenvalue weighted by atomic mass is 9.95. The summed E-state index contributed by atoms with van der Waals surface area (Å²) in [5, 5.41) is 0. The minimum absolute atomic E-state index is 0.676. The monoisotopic (exact) mass is 243 g/mol. The highest BCUT2D eigenvalue weighted by molar-refractivity contribution is 6.34. The molecule has 0 radical (unpaired) electrons. The van der Waals surface area contributed by atoms with Crippen molar-refractivity contribution in [3.05, 3.63) is 35.9 Å². The van der Waals surface area contributed by atoms with Crippen LogP contribution in [0.25, 0.3) is 0 Å². The first-order chi connectivity index (χ1) is 6.92. The van der Waals surface area contributed by atoms with Crippen molar-refractivity contribution in [3.63, 3.8) is 0 Å². The van der Waals surface area contributed by atoms with Crippen molar-refractivity contribution in [1.29, 1.82) is 0 Å². The molecule has 0 saturated heterocycles. The molecule has 1 unspecified atom stereocenters. The molecular weight excluding hydrogens is 233 g/mol. The molecule has 1 aromatic carbocycles. The van der Waals surface area contributed by atoms with Gasteiger partial charge in [-0.25, -0.2) is 4.79 Å². The highest BCUT2D eigenvalue weighted by Gasteiger charge is 2.44. The summed E-state index contributed by atoms with van der Waals surface area (Å²) in [6.45, 7) is 3.41. The Morgan fingerprint density at radius 1 is 1.20 bits per heavy atom. The van der Waals surface area contributed by atoms with Crippen LogP contribution in [-0.4, -0.2) is 11.0 Å². The van der Waals surface area contributed by atoms with Crippen LogP contribution in [0.3, 0.4) is 0 Å². The van der Waals surface area contributed by atoms with Crippen LogP contribution in [0, 0.1) is 0 Å². The molecule has 4 heteroatoms. The van der Waals surface area contributed by atoms with Crippen molar-refractivity contribution in [1.82, 2.24) is 0 Å². The van der Waals surface area contributed by atoms with Gasteiger partial charge in [-0.05, 0) is 19.4 Å². The summed E-state index contributed by atoms with van der Waals surface area (Å²) in [5.41, 5.74) is 0.676. The van der Waals surface area contributed by atoms with E-state index in [-0.39, 0.29) is 0 Å². The number of hydrogen-bond acceptors (Lipinski definition) is 2. The van der Waals surface area contributed by atoms with E-state index >= 15 is 0 Å². The first-order valence-electron chi connectivity index (χ1n) is 4.44. The van der Waals surface area contributed by atoms with E-state index in [4.69, 9.17) is 23.2 Å². The van der Waals surface area contributed by atoms with Crippen LogP contribution >= 0.6 is 23.2 Å². The molecule has 0 N–H and O–H groups in total. The molecule has 1 rings (SSSR count). The lowest BCUT2D eigenvalue weighted by molar-refractivity contribution is 0.481. The van der Waals surface area contributed by atoms with Gasteiger partial charge in [0.05, 0.1) is 4.87 Å². The third-order valence-electron chi connectivity index (χ3n) is 2.14. The number of rotatable bonds is 3. The van der Waals surface area contributed by atoms with Crippen molar-refractivity contribution in [2.24, 2.45) is 4.99 Å². The Balaban J connectivity index is 3.32. The van der Waals surface area contributed by atoms with Crippen LogP contribution in [0.2, 0.25) is 0 Å². The van der Waals surface area contributed by atoms with E-state index < -0.39 is 9.87 Å². The van der Waals surface area contributed by atoms with Crippen molar-refractivity contribution in [2.45, 2.75) is 23.7 Å². The number of carbonyl (C=O) groups excluding carboxylic acids is 1. The quantitative estimate of drug-likeness (QED) is 0.346. The molecule has 15 heavy (non-hydrogen) atoms. The predicted molar refractivity (Wildman–Crippen MR) is 62.0 cm³/mol. The molecule has 1 atom stereocenters. The van der Waals surface area contributed by atoms with Gasteiger partial charge < -0.3 is 0 Å². The molecule has 0 amide bonds. The molecule has 0 fully saturated rings. The van der Waals surface area contributed by atoms with Crippen LogP contribution in [-0.2, 0) is 9.79 Å². The molecule has 0 aliphatic rings. The second-order valence-electron chi connectivity index (χ2n) is 3.66. The smallest absolute Gasteiger partial charge is 0.211 e. The first-order valence-corrected chi connectivity index (χ1v) is 5.20. The number of alkyl halides is 2. The summed E-state index contributed by atoms with van der Waals surface area (Å²) in [4.78, 5) is 11.9. The lowest BCUT2D eigenvalue weighted by Gasteiger charge is -2.32. The standard InChI is InChI=1S/C11H11Cl2NO/c1-10(2,12)11(13,14-8-15)9-6-4-3-5-7-9/h3-7H,1-2H3. The van der Waals surface area contributed by atoms with Crippen molar-refractivity contribution in [2.75, 3.05) is 0 Å². The first kappa shape index (κ1) is 12.3. The van der Waals surface area contributed by atoms with E-state index in [1.807, 2.05) is 18.2 Å². The van der Waals surface area contributed by atoms with Crippen molar-refractivity contribution >= 4 is 29.3 Å². The SMILES string of the molecule is CC(C)(Cl)C(Cl)(N=C=O)c1ccccc1. The minimum atomic E-state index is -1.28. The van der Waals surface area contributed by atoms with E-state index in [1.54, 1.807) is 26.0 Å². The number of aliphatic imine (C=N–C) groups is 1. The summed E-state index contributed by atoms with van der Waals surface area (Å²) in [7, 11) is 0. The number of hydrogen-bond donors (Lipinski definition) is 0. The molecule has 0 aromatic heterocycles. The number of isocyanates is 1. The van der Waals surface area contributed by atoms with Crippen LogP contribution in [0.5, 0.6) is 0 Å². The van der Waals surface area contributed by atoms with E-state index in [1.165, 1.54) is 6.08 Å². The Bertz CT molecular complexity index is 379. The van der Waals surface area contributed by atoms with E-state index in [0.717, 1.165) is 0 Å². The van der Waals surface area contributed by atoms with E-state index in [2.05, 4.69) is 4.99 Å². The molecule has 2 nitrogen and oxygen atoms in total. The Kier molecular flexibility index (Phi) is 3.56. The highest BCUT2D eigenvalue weighted by Crippen LogP contribution is 2.44. The molecule has 0 bridgehead atoms. The van der Waals surface area contributed by atoms with Crippen molar-refractivity contribution < 1.29 is 4.79 Å². The van der Waals surface area contributed by atoms with Gasteiger partial charge in [0.25, 0.3) is 0 Å². The van der Waals surface area contributed by atoms with Crippen LogP contribution in [0.15, 0.2) is 35.3 Å². The maximum atomic E-state index is 10.4. The van der Waals surface area contributed by atoms with Crippen LogP contribution in [0.1, 0.15) is 19.4 Å². The number of nitrogens with zero attached hydrogens (tertiary/aromatic N) is 1. The van der Waals surface area contributed by atoms with Gasteiger partial charge in [-0.3, -0.25) is 0 Å². The van der Waals surface area contributed by atoms with Gasteiger partial charge in [0.15, 0.2) is 5.00 Å². The van der Waals surface area contributed by atoms with Gasteiger partial charge in [0.2, 0.25) is 6.08 Å². The molecule has 0 aliphatic heterocycles. The molecular formula is C11H11Cl2NO. The van der Waals surface area contributed by atoms with Gasteiger partial charge in [-0.1, -0.05) is 41.9 Å². The average Bonchev–Trinajstić information content (AvgIpc) is 2.18. The fourth-order valence-corrected chi connectivity index (χ4v) is 1.57. The third kappa shape index (κ3) is 2.40. The minimum Gasteiger partial charge on any atom is -0.211 e. The van der Waals surface area contributed by atoms with Gasteiger partial charge in [-0.15, -0.1) is 11.6 Å².